The number of nitrogens with one attached hydrogen (secondary N) is 3. The molecule has 5 atom stereocenters. The van der Waals surface area contributed by atoms with E-state index >= 15 is 0 Å². The predicted molar refractivity (Wildman–Crippen MR) is 103 cm³/mol. The molecule has 0 bridgehead atoms. The highest BCUT2D eigenvalue weighted by Gasteiger charge is 2.44. The number of carbonyl (C=O) groups excluding carboxylic acids is 1. The molecule has 3 aliphatic rings. The molecule has 5 unspecified atom stereocenters. The van der Waals surface area contributed by atoms with Gasteiger partial charge in [0.05, 0.1) is 17.0 Å². The van der Waals surface area contributed by atoms with E-state index in [9.17, 15) is 17.6 Å². The van der Waals surface area contributed by atoms with Gasteiger partial charge in [-0.15, -0.1) is 16.4 Å². The van der Waals surface area contributed by atoms with Crippen LogP contribution in [-0.2, 0) is 19.6 Å². The smallest absolute Gasteiger partial charge is 0.241 e. The third-order valence-electron chi connectivity index (χ3n) is 6.08. The maximum absolute atomic E-state index is 14.6. The van der Waals surface area contributed by atoms with Gasteiger partial charge in [-0.2, -0.15) is 0 Å². The molecular weight excluding hydrogens is 411 g/mol. The van der Waals surface area contributed by atoms with Crippen molar-refractivity contribution in [3.05, 3.63) is 0 Å². The van der Waals surface area contributed by atoms with E-state index in [4.69, 9.17) is 16.3 Å². The summed E-state index contributed by atoms with van der Waals surface area (Å²) in [6.45, 7) is 2.68. The largest absolute Gasteiger partial charge is 0.381 e. The number of alkyl halides is 2. The lowest BCUT2D eigenvalue weighted by Gasteiger charge is -2.36. The maximum Gasteiger partial charge on any atom is 0.241 e. The van der Waals surface area contributed by atoms with Gasteiger partial charge in [-0.3, -0.25) is 15.6 Å². The molecule has 0 radical (unpaired) electrons. The number of nitrogens with zero attached hydrogens (tertiary/aromatic N) is 1. The number of hydrazine groups is 2. The molecular formula is C17H30ClFN4O4S. The van der Waals surface area contributed by atoms with Crippen molar-refractivity contribution in [1.82, 2.24) is 20.7 Å². The Hall–Kier alpha value is -0.520. The quantitative estimate of drug-likeness (QED) is 0.408. The lowest BCUT2D eigenvalue weighted by Crippen LogP contribution is -2.51. The molecule has 2 saturated heterocycles. The zero-order valence-corrected chi connectivity index (χ0v) is 17.6. The first-order valence-corrected chi connectivity index (χ1v) is 11.9. The monoisotopic (exact) mass is 440 g/mol. The van der Waals surface area contributed by atoms with E-state index in [1.165, 1.54) is 0 Å². The second-order valence-electron chi connectivity index (χ2n) is 8.23. The second kappa shape index (κ2) is 9.53. The van der Waals surface area contributed by atoms with Gasteiger partial charge in [0.15, 0.2) is 0 Å². The molecule has 162 valence electrons. The van der Waals surface area contributed by atoms with Crippen LogP contribution in [0.3, 0.4) is 0 Å². The first-order valence-electron chi connectivity index (χ1n) is 9.85. The summed E-state index contributed by atoms with van der Waals surface area (Å²) in [7, 11) is -1.75. The van der Waals surface area contributed by atoms with Crippen molar-refractivity contribution < 1.29 is 22.3 Å². The molecule has 1 aliphatic carbocycles. The summed E-state index contributed by atoms with van der Waals surface area (Å²) >= 11 is 6.19. The standard InChI is InChI=1S/C17H30ClFN4O4S/c1-23-9-13(8-20-23)12-6-14(16(19)15(18)7-12)17(24)21-22-28(25,26)10-11-2-4-27-5-3-11/h11-16,20,22H,2-10H2,1H3,(H,21,24). The number of carbonyl (C=O) groups is 1. The molecule has 1 amide bonds. The van der Waals surface area contributed by atoms with E-state index in [1.807, 2.05) is 12.1 Å². The third kappa shape index (κ3) is 5.76. The van der Waals surface area contributed by atoms with Crippen LogP contribution in [0.5, 0.6) is 0 Å². The number of hydrogen-bond donors (Lipinski definition) is 3. The Morgan fingerprint density at radius 2 is 2.00 bits per heavy atom. The molecule has 28 heavy (non-hydrogen) atoms. The average molecular weight is 441 g/mol. The van der Waals surface area contributed by atoms with Crippen molar-refractivity contribution in [3.63, 3.8) is 0 Å². The molecule has 3 N–H and O–H groups in total. The Labute approximate surface area is 170 Å². The van der Waals surface area contributed by atoms with Crippen molar-refractivity contribution in [3.8, 4) is 0 Å². The van der Waals surface area contributed by atoms with Gasteiger partial charge in [0.1, 0.15) is 6.17 Å². The fraction of sp³-hybridized carbons (Fsp3) is 0.941. The van der Waals surface area contributed by atoms with Crippen LogP contribution in [0.25, 0.3) is 0 Å². The van der Waals surface area contributed by atoms with Gasteiger partial charge < -0.3 is 4.74 Å². The molecule has 11 heteroatoms. The van der Waals surface area contributed by atoms with Gasteiger partial charge in [-0.1, -0.05) is 0 Å². The number of hydrogen-bond acceptors (Lipinski definition) is 6. The average Bonchev–Trinajstić information content (AvgIpc) is 3.09. The summed E-state index contributed by atoms with van der Waals surface area (Å²) in [5.41, 5.74) is 5.44. The fourth-order valence-corrected chi connectivity index (χ4v) is 6.11. The Morgan fingerprint density at radius 1 is 1.29 bits per heavy atom. The molecule has 1 saturated carbocycles. The molecule has 8 nitrogen and oxygen atoms in total. The third-order valence-corrected chi connectivity index (χ3v) is 7.82. The lowest BCUT2D eigenvalue weighted by molar-refractivity contribution is -0.129. The summed E-state index contributed by atoms with van der Waals surface area (Å²) in [4.78, 5) is 14.7. The van der Waals surface area contributed by atoms with Crippen LogP contribution >= 0.6 is 11.6 Å². The minimum atomic E-state index is -3.69. The molecule has 2 heterocycles. The molecule has 0 aromatic carbocycles. The van der Waals surface area contributed by atoms with Crippen molar-refractivity contribution in [2.45, 2.75) is 37.2 Å². The van der Waals surface area contributed by atoms with Crippen LogP contribution in [0.15, 0.2) is 0 Å². The van der Waals surface area contributed by atoms with Crippen LogP contribution in [0.4, 0.5) is 4.39 Å². The number of rotatable bonds is 6. The Kier molecular flexibility index (Phi) is 7.54. The molecule has 3 fully saturated rings. The number of amides is 1. The minimum absolute atomic E-state index is 0.00443. The highest BCUT2D eigenvalue weighted by atomic mass is 35.5. The summed E-state index contributed by atoms with van der Waals surface area (Å²) in [5.74, 6) is -1.30. The Balaban J connectivity index is 1.54. The second-order valence-corrected chi connectivity index (χ2v) is 10.6. The first kappa shape index (κ1) is 22.2. The topological polar surface area (TPSA) is 99.8 Å². The van der Waals surface area contributed by atoms with Crippen molar-refractivity contribution in [2.75, 3.05) is 39.1 Å². The van der Waals surface area contributed by atoms with Gasteiger partial charge in [0.2, 0.25) is 15.9 Å². The molecule has 2 aliphatic heterocycles. The number of sulfonamides is 1. The summed E-state index contributed by atoms with van der Waals surface area (Å²) < 4.78 is 44.3. The number of halogens is 2. The molecule has 3 rings (SSSR count). The van der Waals surface area contributed by atoms with E-state index in [-0.39, 0.29) is 17.6 Å². The van der Waals surface area contributed by atoms with Crippen molar-refractivity contribution in [1.29, 1.82) is 0 Å². The Morgan fingerprint density at radius 3 is 2.64 bits per heavy atom. The van der Waals surface area contributed by atoms with E-state index in [0.717, 1.165) is 13.1 Å². The SMILES string of the molecule is CN1CC(C2CC(Cl)C(F)C(C(=O)NNS(=O)(=O)CC3CCOCC3)C2)CN1. The van der Waals surface area contributed by atoms with Crippen LogP contribution < -0.4 is 15.7 Å². The van der Waals surface area contributed by atoms with Gasteiger partial charge in [0.25, 0.3) is 0 Å². The highest BCUT2D eigenvalue weighted by molar-refractivity contribution is 7.89. The normalized spacial score (nSPS) is 35.8. The zero-order chi connectivity index (χ0) is 20.3. The summed E-state index contributed by atoms with van der Waals surface area (Å²) in [6, 6.07) is 0. The van der Waals surface area contributed by atoms with Crippen LogP contribution in [-0.4, -0.2) is 70.0 Å². The lowest BCUT2D eigenvalue weighted by atomic mass is 9.74. The van der Waals surface area contributed by atoms with Gasteiger partial charge in [-0.05, 0) is 43.4 Å². The number of ether oxygens (including phenoxy) is 1. The zero-order valence-electron chi connectivity index (χ0n) is 16.1. The van der Waals surface area contributed by atoms with Crippen molar-refractivity contribution in [2.24, 2.45) is 23.7 Å². The van der Waals surface area contributed by atoms with E-state index in [1.54, 1.807) is 0 Å². The summed E-state index contributed by atoms with van der Waals surface area (Å²) in [6.07, 6.45) is 0.720. The van der Waals surface area contributed by atoms with Gasteiger partial charge in [0, 0.05) is 33.4 Å². The highest BCUT2D eigenvalue weighted by Crippen LogP contribution is 2.39. The molecule has 0 spiro atoms. The van der Waals surface area contributed by atoms with Crippen LogP contribution in [0, 0.1) is 23.7 Å². The van der Waals surface area contributed by atoms with E-state index < -0.39 is 33.4 Å². The van der Waals surface area contributed by atoms with E-state index in [0.29, 0.717) is 44.8 Å². The maximum atomic E-state index is 14.6. The van der Waals surface area contributed by atoms with Gasteiger partial charge in [-0.25, -0.2) is 17.8 Å². The Bertz CT molecular complexity index is 649. The van der Waals surface area contributed by atoms with E-state index in [2.05, 4.69) is 15.7 Å². The van der Waals surface area contributed by atoms with Crippen LogP contribution in [0.1, 0.15) is 25.7 Å². The van der Waals surface area contributed by atoms with Gasteiger partial charge >= 0.3 is 0 Å². The van der Waals surface area contributed by atoms with Crippen molar-refractivity contribution >= 4 is 27.5 Å². The molecule has 0 aromatic rings. The minimum Gasteiger partial charge on any atom is -0.381 e. The predicted octanol–water partition coefficient (Wildman–Crippen LogP) is 0.402. The van der Waals surface area contributed by atoms with Crippen LogP contribution in [0.2, 0.25) is 0 Å². The fourth-order valence-electron chi connectivity index (χ4n) is 4.42. The first-order chi connectivity index (χ1) is 13.2. The summed E-state index contributed by atoms with van der Waals surface area (Å²) in [5, 5.41) is 1.23. The molecule has 0 aromatic heterocycles.